The fourth-order valence-electron chi connectivity index (χ4n) is 3.61. The van der Waals surface area contributed by atoms with Gasteiger partial charge in [-0.2, -0.15) is 0 Å². The summed E-state index contributed by atoms with van der Waals surface area (Å²) in [7, 11) is 5.92. The first-order chi connectivity index (χ1) is 12.0. The molecular formula is C17H30Cl2N6O2. The second-order valence-electron chi connectivity index (χ2n) is 7.19. The summed E-state index contributed by atoms with van der Waals surface area (Å²) in [5.41, 5.74) is 0. The minimum Gasteiger partial charge on any atom is -0.341 e. The summed E-state index contributed by atoms with van der Waals surface area (Å²) >= 11 is 0. The second kappa shape index (κ2) is 10.3. The van der Waals surface area contributed by atoms with Gasteiger partial charge in [-0.15, -0.1) is 24.8 Å². The molecular weight excluding hydrogens is 391 g/mol. The Morgan fingerprint density at radius 3 is 2.74 bits per heavy atom. The number of piperazine rings is 1. The van der Waals surface area contributed by atoms with Crippen LogP contribution < -0.4 is 5.32 Å². The Kier molecular flexibility index (Phi) is 9.01. The van der Waals surface area contributed by atoms with Crippen molar-refractivity contribution in [1.82, 2.24) is 29.6 Å². The number of carbonyl (C=O) groups is 2. The summed E-state index contributed by atoms with van der Waals surface area (Å²) in [6.45, 7) is 4.15. The molecule has 2 aliphatic heterocycles. The molecule has 10 heteroatoms. The van der Waals surface area contributed by atoms with E-state index in [2.05, 4.69) is 15.2 Å². The number of imidazole rings is 1. The quantitative estimate of drug-likeness (QED) is 0.733. The molecule has 0 aromatic carbocycles. The highest BCUT2D eigenvalue weighted by atomic mass is 35.5. The van der Waals surface area contributed by atoms with Crippen LogP contribution in [0.5, 0.6) is 0 Å². The van der Waals surface area contributed by atoms with Crippen molar-refractivity contribution in [2.75, 3.05) is 53.4 Å². The predicted octanol–water partition coefficient (Wildman–Crippen LogP) is 0.147. The number of hydrogen-bond donors (Lipinski definition) is 1. The molecule has 2 unspecified atom stereocenters. The highest BCUT2D eigenvalue weighted by Crippen LogP contribution is 2.26. The van der Waals surface area contributed by atoms with Crippen LogP contribution in [0.25, 0.3) is 0 Å². The number of likely N-dealkylation sites (tertiary alicyclic amines) is 1. The first-order valence-corrected chi connectivity index (χ1v) is 8.88. The Balaban J connectivity index is 0.00000182. The molecule has 2 atom stereocenters. The van der Waals surface area contributed by atoms with Gasteiger partial charge >= 0.3 is 0 Å². The summed E-state index contributed by atoms with van der Waals surface area (Å²) in [5, 5.41) is 3.35. The standard InChI is InChI=1S/C17H28N6O2.2ClH/c1-20(2)8-9-22-12-13(10-15(22)24)17(25)23-7-4-18-11-14(23)16-19-5-6-21(16)3;;/h5-6,13-14,18H,4,7-12H2,1-3H3;2*1H. The number of aromatic nitrogens is 2. The SMILES string of the molecule is CN(C)CCN1CC(C(=O)N2CCNCC2c2nccn2C)CC1=O.Cl.Cl. The Bertz CT molecular complexity index is 639. The zero-order chi connectivity index (χ0) is 18.0. The highest BCUT2D eigenvalue weighted by Gasteiger charge is 2.40. The van der Waals surface area contributed by atoms with Gasteiger partial charge in [0, 0.05) is 65.1 Å². The van der Waals surface area contributed by atoms with Crippen LogP contribution in [0.2, 0.25) is 0 Å². The van der Waals surface area contributed by atoms with Crippen LogP contribution in [0.1, 0.15) is 18.3 Å². The lowest BCUT2D eigenvalue weighted by Gasteiger charge is -2.37. The van der Waals surface area contributed by atoms with Gasteiger partial charge < -0.3 is 24.6 Å². The molecule has 0 radical (unpaired) electrons. The van der Waals surface area contributed by atoms with E-state index in [1.54, 1.807) is 6.20 Å². The average molecular weight is 421 g/mol. The van der Waals surface area contributed by atoms with Crippen LogP contribution in [-0.2, 0) is 16.6 Å². The molecule has 2 amide bonds. The first-order valence-electron chi connectivity index (χ1n) is 8.88. The summed E-state index contributed by atoms with van der Waals surface area (Å²) in [5.74, 6) is 0.809. The molecule has 27 heavy (non-hydrogen) atoms. The van der Waals surface area contributed by atoms with Gasteiger partial charge in [0.25, 0.3) is 0 Å². The number of rotatable bonds is 5. The number of amides is 2. The zero-order valence-electron chi connectivity index (χ0n) is 16.1. The number of likely N-dealkylation sites (N-methyl/N-ethyl adjacent to an activating group) is 1. The van der Waals surface area contributed by atoms with Crippen molar-refractivity contribution in [1.29, 1.82) is 0 Å². The fraction of sp³-hybridized carbons (Fsp3) is 0.706. The number of nitrogens with one attached hydrogen (secondary N) is 1. The molecule has 1 aromatic heterocycles. The van der Waals surface area contributed by atoms with Gasteiger partial charge in [0.15, 0.2) is 0 Å². The molecule has 154 valence electrons. The van der Waals surface area contributed by atoms with Gasteiger partial charge in [-0.1, -0.05) is 0 Å². The van der Waals surface area contributed by atoms with Crippen LogP contribution in [0.15, 0.2) is 12.4 Å². The van der Waals surface area contributed by atoms with E-state index < -0.39 is 0 Å². The molecule has 8 nitrogen and oxygen atoms in total. The molecule has 3 rings (SSSR count). The smallest absolute Gasteiger partial charge is 0.228 e. The summed E-state index contributed by atoms with van der Waals surface area (Å²) in [6, 6.07) is -0.0767. The lowest BCUT2D eigenvalue weighted by atomic mass is 10.0. The van der Waals surface area contributed by atoms with Crippen molar-refractivity contribution in [2.45, 2.75) is 12.5 Å². The van der Waals surface area contributed by atoms with Gasteiger partial charge in [-0.3, -0.25) is 9.59 Å². The molecule has 2 aliphatic rings. The van der Waals surface area contributed by atoms with E-state index in [-0.39, 0.29) is 48.6 Å². The third-order valence-electron chi connectivity index (χ3n) is 5.06. The molecule has 0 spiro atoms. The third-order valence-corrected chi connectivity index (χ3v) is 5.06. The highest BCUT2D eigenvalue weighted by molar-refractivity contribution is 5.89. The minimum absolute atomic E-state index is 0. The average Bonchev–Trinajstić information content (AvgIpc) is 3.18. The van der Waals surface area contributed by atoms with E-state index >= 15 is 0 Å². The molecule has 3 heterocycles. The number of aryl methyl sites for hydroxylation is 1. The molecule has 0 aliphatic carbocycles. The van der Waals surface area contributed by atoms with Gasteiger partial charge in [-0.05, 0) is 14.1 Å². The van der Waals surface area contributed by atoms with Crippen molar-refractivity contribution in [2.24, 2.45) is 13.0 Å². The normalized spacial score (nSPS) is 22.6. The maximum Gasteiger partial charge on any atom is 0.228 e. The van der Waals surface area contributed by atoms with Crippen LogP contribution in [0.3, 0.4) is 0 Å². The van der Waals surface area contributed by atoms with E-state index in [1.807, 2.05) is 41.7 Å². The monoisotopic (exact) mass is 420 g/mol. The summed E-state index contributed by atoms with van der Waals surface area (Å²) in [6.07, 6.45) is 3.98. The molecule has 1 aromatic rings. The lowest BCUT2D eigenvalue weighted by Crippen LogP contribution is -2.51. The van der Waals surface area contributed by atoms with Crippen LogP contribution in [0, 0.1) is 5.92 Å². The topological polar surface area (TPSA) is 73.7 Å². The van der Waals surface area contributed by atoms with Crippen molar-refractivity contribution >= 4 is 36.6 Å². The Hall–Kier alpha value is -1.35. The number of hydrogen-bond acceptors (Lipinski definition) is 5. The molecule has 0 bridgehead atoms. The van der Waals surface area contributed by atoms with Crippen molar-refractivity contribution in [3.8, 4) is 0 Å². The Morgan fingerprint density at radius 2 is 2.11 bits per heavy atom. The summed E-state index contributed by atoms with van der Waals surface area (Å²) in [4.78, 5) is 35.6. The van der Waals surface area contributed by atoms with E-state index in [9.17, 15) is 9.59 Å². The minimum atomic E-state index is -0.240. The number of nitrogens with zero attached hydrogens (tertiary/aromatic N) is 5. The van der Waals surface area contributed by atoms with Crippen LogP contribution in [0.4, 0.5) is 0 Å². The Morgan fingerprint density at radius 1 is 1.37 bits per heavy atom. The number of carbonyl (C=O) groups excluding carboxylic acids is 2. The molecule has 2 fully saturated rings. The second-order valence-corrected chi connectivity index (χ2v) is 7.19. The lowest BCUT2D eigenvalue weighted by molar-refractivity contribution is -0.139. The maximum absolute atomic E-state index is 13.1. The molecule has 0 saturated carbocycles. The van der Waals surface area contributed by atoms with Crippen molar-refractivity contribution in [3.63, 3.8) is 0 Å². The van der Waals surface area contributed by atoms with E-state index in [4.69, 9.17) is 0 Å². The summed E-state index contributed by atoms with van der Waals surface area (Å²) < 4.78 is 1.96. The first kappa shape index (κ1) is 23.7. The van der Waals surface area contributed by atoms with Gasteiger partial charge in [-0.25, -0.2) is 4.98 Å². The largest absolute Gasteiger partial charge is 0.341 e. The number of halogens is 2. The van der Waals surface area contributed by atoms with Gasteiger partial charge in [0.2, 0.25) is 11.8 Å². The molecule has 2 saturated heterocycles. The van der Waals surface area contributed by atoms with Gasteiger partial charge in [0.05, 0.1) is 5.92 Å². The van der Waals surface area contributed by atoms with Crippen molar-refractivity contribution < 1.29 is 9.59 Å². The van der Waals surface area contributed by atoms with E-state index in [0.29, 0.717) is 32.6 Å². The van der Waals surface area contributed by atoms with Gasteiger partial charge in [0.1, 0.15) is 11.9 Å². The third kappa shape index (κ3) is 5.34. The van der Waals surface area contributed by atoms with Crippen LogP contribution >= 0.6 is 24.8 Å². The van der Waals surface area contributed by atoms with E-state index in [1.165, 1.54) is 0 Å². The van der Waals surface area contributed by atoms with Crippen molar-refractivity contribution in [3.05, 3.63) is 18.2 Å². The zero-order valence-corrected chi connectivity index (χ0v) is 17.8. The maximum atomic E-state index is 13.1. The van der Waals surface area contributed by atoms with E-state index in [0.717, 1.165) is 18.9 Å². The predicted molar refractivity (Wildman–Crippen MR) is 108 cm³/mol. The Labute approximate surface area is 173 Å². The molecule has 1 N–H and O–H groups in total. The fourth-order valence-corrected chi connectivity index (χ4v) is 3.61. The van der Waals surface area contributed by atoms with Crippen LogP contribution in [-0.4, -0.2) is 89.4 Å².